The molecule has 0 unspecified atom stereocenters. The summed E-state index contributed by atoms with van der Waals surface area (Å²) >= 11 is 0. The lowest BCUT2D eigenvalue weighted by Crippen LogP contribution is -2.41. The van der Waals surface area contributed by atoms with Gasteiger partial charge in [-0.25, -0.2) is 17.5 Å². The average Bonchev–Trinajstić information content (AvgIpc) is 2.67. The number of amides is 1. The number of carbonyl (C=O) groups is 1. The molecule has 3 rings (SSSR count). The van der Waals surface area contributed by atoms with E-state index in [1.807, 2.05) is 0 Å². The Morgan fingerprint density at radius 1 is 1.19 bits per heavy atom. The summed E-state index contributed by atoms with van der Waals surface area (Å²) in [6.07, 6.45) is 4.61. The maximum atomic E-state index is 12.9. The second-order valence-corrected chi connectivity index (χ2v) is 8.05. The quantitative estimate of drug-likeness (QED) is 0.865. The zero-order chi connectivity index (χ0) is 18.6. The van der Waals surface area contributed by atoms with Crippen LogP contribution in [-0.4, -0.2) is 43.8 Å². The number of pyridine rings is 1. The molecule has 0 aliphatic carbocycles. The summed E-state index contributed by atoms with van der Waals surface area (Å²) in [4.78, 5) is 18.1. The van der Waals surface area contributed by atoms with Gasteiger partial charge in [0.25, 0.3) is 5.91 Å². The fraction of sp³-hybridized carbons (Fsp3) is 0.333. The summed E-state index contributed by atoms with van der Waals surface area (Å²) in [6, 6.07) is 8.19. The molecule has 1 aliphatic rings. The second-order valence-electron chi connectivity index (χ2n) is 6.28. The molecule has 0 bridgehead atoms. The largest absolute Gasteiger partial charge is 0.339 e. The molecule has 1 aromatic heterocycles. The minimum absolute atomic E-state index is 0.0445. The molecule has 1 aliphatic heterocycles. The first-order valence-electron chi connectivity index (χ1n) is 8.40. The highest BCUT2D eigenvalue weighted by Crippen LogP contribution is 2.19. The predicted molar refractivity (Wildman–Crippen MR) is 94.5 cm³/mol. The van der Waals surface area contributed by atoms with Crippen LogP contribution in [0.4, 0.5) is 4.39 Å². The molecule has 1 amide bonds. The van der Waals surface area contributed by atoms with Crippen LogP contribution in [0.25, 0.3) is 0 Å². The lowest BCUT2D eigenvalue weighted by Gasteiger charge is -2.32. The number of hydrogen-bond donors (Lipinski definition) is 1. The molecule has 1 aromatic carbocycles. The Morgan fingerprint density at radius 2 is 1.88 bits per heavy atom. The molecule has 26 heavy (non-hydrogen) atoms. The van der Waals surface area contributed by atoms with Crippen LogP contribution in [0.3, 0.4) is 0 Å². The average molecular weight is 377 g/mol. The second kappa shape index (κ2) is 7.92. The molecule has 138 valence electrons. The van der Waals surface area contributed by atoms with Crippen LogP contribution >= 0.6 is 0 Å². The van der Waals surface area contributed by atoms with Gasteiger partial charge in [0.15, 0.2) is 0 Å². The molecule has 0 spiro atoms. The molecule has 1 saturated heterocycles. The van der Waals surface area contributed by atoms with Crippen molar-refractivity contribution in [3.8, 4) is 0 Å². The zero-order valence-electron chi connectivity index (χ0n) is 14.1. The maximum Gasteiger partial charge on any atom is 0.255 e. The molecule has 1 fully saturated rings. The smallest absolute Gasteiger partial charge is 0.255 e. The van der Waals surface area contributed by atoms with Crippen LogP contribution in [0.2, 0.25) is 0 Å². The van der Waals surface area contributed by atoms with E-state index < -0.39 is 15.8 Å². The maximum absolute atomic E-state index is 12.9. The first-order chi connectivity index (χ1) is 12.5. The first-order valence-corrected chi connectivity index (χ1v) is 9.88. The standard InChI is InChI=1S/C18H20FN3O3S/c19-16-3-5-17(6-4-16)26(24,25)21-12-14-7-10-22(11-8-14)18(23)15-2-1-9-20-13-15/h1-6,9,13-14,21H,7-8,10-12H2. The topological polar surface area (TPSA) is 79.4 Å². The van der Waals surface area contributed by atoms with Gasteiger partial charge in [0.2, 0.25) is 10.0 Å². The fourth-order valence-electron chi connectivity index (χ4n) is 2.94. The van der Waals surface area contributed by atoms with Gasteiger partial charge in [0.05, 0.1) is 10.5 Å². The monoisotopic (exact) mass is 377 g/mol. The van der Waals surface area contributed by atoms with Gasteiger partial charge in [0, 0.05) is 32.0 Å². The molecule has 0 atom stereocenters. The highest BCUT2D eigenvalue weighted by atomic mass is 32.2. The van der Waals surface area contributed by atoms with Gasteiger partial charge < -0.3 is 4.90 Å². The van der Waals surface area contributed by atoms with Crippen molar-refractivity contribution < 1.29 is 17.6 Å². The summed E-state index contributed by atoms with van der Waals surface area (Å²) in [7, 11) is -3.65. The van der Waals surface area contributed by atoms with Gasteiger partial charge in [0.1, 0.15) is 5.82 Å². The van der Waals surface area contributed by atoms with Gasteiger partial charge in [-0.2, -0.15) is 0 Å². The number of nitrogens with one attached hydrogen (secondary N) is 1. The Kier molecular flexibility index (Phi) is 5.63. The van der Waals surface area contributed by atoms with Gasteiger partial charge in [-0.3, -0.25) is 9.78 Å². The van der Waals surface area contributed by atoms with Crippen molar-refractivity contribution in [1.82, 2.24) is 14.6 Å². The third kappa shape index (κ3) is 4.44. The van der Waals surface area contributed by atoms with Crippen LogP contribution in [0.1, 0.15) is 23.2 Å². The van der Waals surface area contributed by atoms with E-state index >= 15 is 0 Å². The Balaban J connectivity index is 1.51. The number of carbonyl (C=O) groups excluding carboxylic acids is 1. The molecule has 8 heteroatoms. The van der Waals surface area contributed by atoms with Crippen LogP contribution in [0.15, 0.2) is 53.7 Å². The summed E-state index contributed by atoms with van der Waals surface area (Å²) in [5, 5.41) is 0. The van der Waals surface area contributed by atoms with Crippen LogP contribution in [0, 0.1) is 11.7 Å². The van der Waals surface area contributed by atoms with Crippen LogP contribution in [-0.2, 0) is 10.0 Å². The minimum atomic E-state index is -3.65. The van der Waals surface area contributed by atoms with Crippen molar-refractivity contribution in [2.45, 2.75) is 17.7 Å². The van der Waals surface area contributed by atoms with E-state index in [1.165, 1.54) is 12.1 Å². The van der Waals surface area contributed by atoms with Crippen LogP contribution in [0.5, 0.6) is 0 Å². The number of rotatable bonds is 5. The number of aromatic nitrogens is 1. The molecule has 2 heterocycles. The van der Waals surface area contributed by atoms with Crippen molar-refractivity contribution in [1.29, 1.82) is 0 Å². The number of benzene rings is 1. The first kappa shape index (κ1) is 18.5. The van der Waals surface area contributed by atoms with E-state index in [0.717, 1.165) is 25.0 Å². The molecule has 1 N–H and O–H groups in total. The molecule has 0 radical (unpaired) electrons. The number of likely N-dealkylation sites (tertiary alicyclic amines) is 1. The number of hydrogen-bond acceptors (Lipinski definition) is 4. The number of nitrogens with zero attached hydrogens (tertiary/aromatic N) is 2. The Morgan fingerprint density at radius 3 is 2.50 bits per heavy atom. The lowest BCUT2D eigenvalue weighted by molar-refractivity contribution is 0.0691. The SMILES string of the molecule is O=C(c1cccnc1)N1CCC(CNS(=O)(=O)c2ccc(F)cc2)CC1. The summed E-state index contributed by atoms with van der Waals surface area (Å²) in [5.74, 6) is -0.374. The summed E-state index contributed by atoms with van der Waals surface area (Å²) in [5.41, 5.74) is 0.558. The van der Waals surface area contributed by atoms with E-state index in [0.29, 0.717) is 25.2 Å². The van der Waals surface area contributed by atoms with Crippen molar-refractivity contribution >= 4 is 15.9 Å². The third-order valence-corrected chi connectivity index (χ3v) is 5.94. The Hall–Kier alpha value is -2.32. The molecule has 2 aromatic rings. The third-order valence-electron chi connectivity index (χ3n) is 4.50. The van der Waals surface area contributed by atoms with Crippen LogP contribution < -0.4 is 4.72 Å². The van der Waals surface area contributed by atoms with E-state index in [9.17, 15) is 17.6 Å². The summed E-state index contributed by atoms with van der Waals surface area (Å²) in [6.45, 7) is 1.46. The summed E-state index contributed by atoms with van der Waals surface area (Å²) < 4.78 is 40.0. The van der Waals surface area contributed by atoms with E-state index in [4.69, 9.17) is 0 Å². The van der Waals surface area contributed by atoms with Gasteiger partial charge in [-0.15, -0.1) is 0 Å². The predicted octanol–water partition coefficient (Wildman–Crippen LogP) is 2.05. The normalized spacial score (nSPS) is 15.8. The van der Waals surface area contributed by atoms with Crippen molar-refractivity contribution in [2.75, 3.05) is 19.6 Å². The van der Waals surface area contributed by atoms with E-state index in [-0.39, 0.29) is 16.7 Å². The Bertz CT molecular complexity index is 849. The highest BCUT2D eigenvalue weighted by Gasteiger charge is 2.25. The highest BCUT2D eigenvalue weighted by molar-refractivity contribution is 7.89. The zero-order valence-corrected chi connectivity index (χ0v) is 15.0. The number of sulfonamides is 1. The Labute approximate surface area is 152 Å². The van der Waals surface area contributed by atoms with E-state index in [1.54, 1.807) is 29.4 Å². The van der Waals surface area contributed by atoms with Crippen molar-refractivity contribution in [3.63, 3.8) is 0 Å². The molecular formula is C18H20FN3O3S. The van der Waals surface area contributed by atoms with Crippen molar-refractivity contribution in [2.24, 2.45) is 5.92 Å². The minimum Gasteiger partial charge on any atom is -0.339 e. The number of halogens is 1. The number of piperidine rings is 1. The van der Waals surface area contributed by atoms with Gasteiger partial charge in [-0.1, -0.05) is 0 Å². The molecule has 6 nitrogen and oxygen atoms in total. The van der Waals surface area contributed by atoms with Crippen molar-refractivity contribution in [3.05, 3.63) is 60.2 Å². The van der Waals surface area contributed by atoms with Gasteiger partial charge >= 0.3 is 0 Å². The molecular weight excluding hydrogens is 357 g/mol. The lowest BCUT2D eigenvalue weighted by atomic mass is 9.97. The van der Waals surface area contributed by atoms with Gasteiger partial charge in [-0.05, 0) is 55.2 Å². The van der Waals surface area contributed by atoms with E-state index in [2.05, 4.69) is 9.71 Å². The molecule has 0 saturated carbocycles. The fourth-order valence-corrected chi connectivity index (χ4v) is 4.05.